The molecule has 0 aromatic carbocycles. The van der Waals surface area contributed by atoms with Crippen molar-refractivity contribution in [2.45, 2.75) is 44.6 Å². The highest BCUT2D eigenvalue weighted by molar-refractivity contribution is 7.46. The van der Waals surface area contributed by atoms with E-state index in [-0.39, 0.29) is 30.8 Å². The third-order valence-electron chi connectivity index (χ3n) is 7.99. The molecule has 3 fully saturated rings. The van der Waals surface area contributed by atoms with E-state index in [1.807, 2.05) is 25.3 Å². The molecule has 1 saturated heterocycles. The van der Waals surface area contributed by atoms with Crippen LogP contribution >= 0.6 is 7.82 Å². The van der Waals surface area contributed by atoms with Crippen molar-refractivity contribution < 1.29 is 33.3 Å². The summed E-state index contributed by atoms with van der Waals surface area (Å²) in [5.74, 6) is 0.701. The normalized spacial score (nSPS) is 19.6. The molecule has 3 aliphatic rings. The molecule has 4 N–H and O–H groups in total. The Morgan fingerprint density at radius 2 is 1.91 bits per heavy atom. The molecule has 0 spiro atoms. The van der Waals surface area contributed by atoms with Gasteiger partial charge in [-0.05, 0) is 49.8 Å². The average molecular weight is 649 g/mol. The second-order valence-corrected chi connectivity index (χ2v) is 12.7. The molecule has 0 bridgehead atoms. The van der Waals surface area contributed by atoms with E-state index in [0.717, 1.165) is 24.1 Å². The van der Waals surface area contributed by atoms with Crippen molar-refractivity contribution in [3.63, 3.8) is 0 Å². The largest absolute Gasteiger partial charge is 0.471 e. The number of rotatable bonds is 11. The smallest absolute Gasteiger partial charge is 0.364 e. The third kappa shape index (κ3) is 6.30. The summed E-state index contributed by atoms with van der Waals surface area (Å²) in [5.41, 5.74) is 3.26. The molecule has 4 amide bonds. The lowest BCUT2D eigenvalue weighted by Crippen LogP contribution is -2.34. The van der Waals surface area contributed by atoms with Gasteiger partial charge in [-0.2, -0.15) is 0 Å². The summed E-state index contributed by atoms with van der Waals surface area (Å²) in [6.45, 7) is 0.928. The fraction of sp³-hybridized carbons (Fsp3) is 0.357. The number of carbonyl (C=O) groups is 3. The van der Waals surface area contributed by atoms with Crippen LogP contribution < -0.4 is 15.5 Å². The highest BCUT2D eigenvalue weighted by Gasteiger charge is 2.46. The molecule has 4 aromatic heterocycles. The SMILES string of the molecule is Cc1ccnc([C@H]2C[C@@H]2C(=O)Nc2cc(NCc3cn4cc(C5CC5)cc(N5CC(=O)N(COP(=O)(O)O)C5=O)c4n3)ncn2)n1. The number of aromatic nitrogens is 6. The van der Waals surface area contributed by atoms with Crippen LogP contribution in [0.1, 0.15) is 53.9 Å². The topological polar surface area (TPSA) is 217 Å². The Balaban J connectivity index is 1.05. The van der Waals surface area contributed by atoms with Gasteiger partial charge in [0.25, 0.3) is 5.91 Å². The maximum atomic E-state index is 13.1. The van der Waals surface area contributed by atoms with E-state index < -0.39 is 26.5 Å². The minimum atomic E-state index is -4.89. The Kier molecular flexibility index (Phi) is 7.47. The summed E-state index contributed by atoms with van der Waals surface area (Å²) in [6.07, 6.45) is 9.44. The number of carbonyl (C=O) groups excluding carboxylic acids is 3. The van der Waals surface area contributed by atoms with E-state index in [0.29, 0.717) is 51.7 Å². The number of hydrogen-bond donors (Lipinski definition) is 4. The number of hydrogen-bond acceptors (Lipinski definition) is 11. The highest BCUT2D eigenvalue weighted by Crippen LogP contribution is 2.46. The monoisotopic (exact) mass is 648 g/mol. The number of anilines is 3. The highest BCUT2D eigenvalue weighted by atomic mass is 31.2. The van der Waals surface area contributed by atoms with Gasteiger partial charge in [-0.15, -0.1) is 0 Å². The van der Waals surface area contributed by atoms with E-state index >= 15 is 0 Å². The fourth-order valence-corrected chi connectivity index (χ4v) is 5.67. The molecular formula is C28H29N10O7P. The number of phosphoric acid groups is 1. The Labute approximate surface area is 261 Å². The van der Waals surface area contributed by atoms with Crippen LogP contribution in [0.4, 0.5) is 22.1 Å². The minimum absolute atomic E-state index is 0.0233. The first-order valence-electron chi connectivity index (χ1n) is 14.5. The summed E-state index contributed by atoms with van der Waals surface area (Å²) in [4.78, 5) is 80.4. The molecule has 4 aromatic rings. The van der Waals surface area contributed by atoms with Crippen LogP contribution in [0, 0.1) is 12.8 Å². The number of imide groups is 1. The lowest BCUT2D eigenvalue weighted by Gasteiger charge is -2.18. The van der Waals surface area contributed by atoms with E-state index in [1.165, 1.54) is 11.2 Å². The molecule has 238 valence electrons. The molecule has 2 saturated carbocycles. The first-order chi connectivity index (χ1) is 22.0. The number of aryl methyl sites for hydroxylation is 1. The van der Waals surface area contributed by atoms with Crippen molar-refractivity contribution >= 4 is 48.6 Å². The summed E-state index contributed by atoms with van der Waals surface area (Å²) in [6, 6.07) is 4.49. The zero-order valence-corrected chi connectivity index (χ0v) is 25.4. The van der Waals surface area contributed by atoms with Gasteiger partial charge in [0, 0.05) is 42.2 Å². The van der Waals surface area contributed by atoms with E-state index in [4.69, 9.17) is 14.8 Å². The third-order valence-corrected chi connectivity index (χ3v) is 8.45. The lowest BCUT2D eigenvalue weighted by atomic mass is 10.1. The zero-order chi connectivity index (χ0) is 32.2. The Morgan fingerprint density at radius 3 is 2.67 bits per heavy atom. The van der Waals surface area contributed by atoms with Gasteiger partial charge in [0.1, 0.15) is 37.1 Å². The molecule has 2 atom stereocenters. The number of urea groups is 1. The van der Waals surface area contributed by atoms with Crippen LogP contribution in [-0.2, 0) is 25.2 Å². The minimum Gasteiger partial charge on any atom is -0.364 e. The van der Waals surface area contributed by atoms with E-state index in [1.54, 1.807) is 22.9 Å². The van der Waals surface area contributed by atoms with Crippen LogP contribution in [0.3, 0.4) is 0 Å². The van der Waals surface area contributed by atoms with E-state index in [2.05, 4.69) is 35.1 Å². The number of nitrogens with zero attached hydrogens (tertiary/aromatic N) is 8. The van der Waals surface area contributed by atoms with Gasteiger partial charge in [0.15, 0.2) is 5.65 Å². The van der Waals surface area contributed by atoms with Gasteiger partial charge >= 0.3 is 13.9 Å². The molecule has 0 unspecified atom stereocenters. The Hall–Kier alpha value is -4.83. The Morgan fingerprint density at radius 1 is 1.11 bits per heavy atom. The predicted molar refractivity (Wildman–Crippen MR) is 160 cm³/mol. The lowest BCUT2D eigenvalue weighted by molar-refractivity contribution is -0.127. The molecule has 46 heavy (non-hydrogen) atoms. The zero-order valence-electron chi connectivity index (χ0n) is 24.5. The molecule has 7 rings (SSSR count). The van der Waals surface area contributed by atoms with Gasteiger partial charge in [-0.3, -0.25) is 19.0 Å². The van der Waals surface area contributed by atoms with Crippen LogP contribution in [-0.4, -0.2) is 75.1 Å². The van der Waals surface area contributed by atoms with E-state index in [9.17, 15) is 18.9 Å². The predicted octanol–water partition coefficient (Wildman–Crippen LogP) is 2.29. The summed E-state index contributed by atoms with van der Waals surface area (Å²) in [5, 5.41) is 6.02. The molecular weight excluding hydrogens is 619 g/mol. The number of pyridine rings is 1. The summed E-state index contributed by atoms with van der Waals surface area (Å²) >= 11 is 0. The maximum absolute atomic E-state index is 13.1. The molecule has 0 radical (unpaired) electrons. The number of amides is 4. The Bertz CT molecular complexity index is 1930. The van der Waals surface area contributed by atoms with Crippen LogP contribution in [0.5, 0.6) is 0 Å². The first-order valence-corrected chi connectivity index (χ1v) is 16.1. The van der Waals surface area contributed by atoms with Crippen molar-refractivity contribution in [2.75, 3.05) is 28.8 Å². The number of nitrogens with one attached hydrogen (secondary N) is 2. The molecule has 17 nitrogen and oxygen atoms in total. The first kappa shape index (κ1) is 29.9. The van der Waals surface area contributed by atoms with Crippen molar-refractivity contribution in [2.24, 2.45) is 5.92 Å². The number of phosphoric ester groups is 1. The van der Waals surface area contributed by atoms with Crippen molar-refractivity contribution in [3.8, 4) is 0 Å². The van der Waals surface area contributed by atoms with Crippen LogP contribution in [0.2, 0.25) is 0 Å². The quantitative estimate of drug-likeness (QED) is 0.136. The van der Waals surface area contributed by atoms with Crippen molar-refractivity contribution in [3.05, 3.63) is 65.9 Å². The second-order valence-electron chi connectivity index (χ2n) is 11.5. The standard InChI is InChI=1S/C28H29N10O7P/c1-15-4-5-29-25(33-15)19-7-20(19)27(40)35-23-8-22(31-13-32-23)30-9-18-11-36-10-17(16-2-3-16)6-21(26(36)34-18)37-12-24(39)38(28(37)41)14-45-46(42,43)44/h4-6,8,10-11,13,16,19-20H,2-3,7,9,12,14H2,1H3,(H2,42,43,44)(H2,30,31,32,35,40)/t19-,20-/m0/s1. The molecule has 2 aliphatic carbocycles. The second kappa shape index (κ2) is 11.5. The number of fused-ring (bicyclic) bond motifs is 1. The summed E-state index contributed by atoms with van der Waals surface area (Å²) < 4.78 is 17.3. The summed E-state index contributed by atoms with van der Waals surface area (Å²) in [7, 11) is -4.89. The molecule has 1 aliphatic heterocycles. The maximum Gasteiger partial charge on any atom is 0.471 e. The average Bonchev–Trinajstić information content (AvgIpc) is 3.93. The van der Waals surface area contributed by atoms with Gasteiger partial charge in [-0.25, -0.2) is 39.2 Å². The van der Waals surface area contributed by atoms with Gasteiger partial charge in [0.05, 0.1) is 17.9 Å². The molecule has 5 heterocycles. The van der Waals surface area contributed by atoms with Gasteiger partial charge < -0.3 is 24.8 Å². The van der Waals surface area contributed by atoms with Crippen LogP contribution in [0.15, 0.2) is 43.1 Å². The van der Waals surface area contributed by atoms with Gasteiger partial charge in [-0.1, -0.05) is 0 Å². The van der Waals surface area contributed by atoms with Crippen LogP contribution in [0.25, 0.3) is 5.65 Å². The number of imidazole rings is 1. The van der Waals surface area contributed by atoms with Crippen molar-refractivity contribution in [1.29, 1.82) is 0 Å². The fourth-order valence-electron chi connectivity index (χ4n) is 5.40. The van der Waals surface area contributed by atoms with Crippen molar-refractivity contribution in [1.82, 2.24) is 34.2 Å². The molecule has 18 heteroatoms. The van der Waals surface area contributed by atoms with Gasteiger partial charge in [0.2, 0.25) is 5.91 Å².